The molecule has 0 radical (unpaired) electrons. The fourth-order valence-corrected chi connectivity index (χ4v) is 3.76. The summed E-state index contributed by atoms with van der Waals surface area (Å²) < 4.78 is 31.7. The van der Waals surface area contributed by atoms with E-state index in [2.05, 4.69) is 20.9 Å². The van der Waals surface area contributed by atoms with Gasteiger partial charge in [0, 0.05) is 45.1 Å². The number of likely N-dealkylation sites (tertiary alicyclic amines) is 2. The summed E-state index contributed by atoms with van der Waals surface area (Å²) in [4.78, 5) is 34.4. The zero-order valence-corrected chi connectivity index (χ0v) is 16.0. The van der Waals surface area contributed by atoms with Crippen molar-refractivity contribution in [3.63, 3.8) is 0 Å². The van der Waals surface area contributed by atoms with Gasteiger partial charge in [-0.25, -0.2) is 4.79 Å². The van der Waals surface area contributed by atoms with Crippen LogP contribution >= 0.6 is 0 Å². The van der Waals surface area contributed by atoms with Crippen molar-refractivity contribution in [2.75, 3.05) is 26.2 Å². The summed E-state index contributed by atoms with van der Waals surface area (Å²) in [5.74, 6) is -1.54. The quantitative estimate of drug-likeness (QED) is 0.817. The first kappa shape index (κ1) is 21.7. The van der Waals surface area contributed by atoms with Crippen molar-refractivity contribution in [1.29, 1.82) is 0 Å². The fraction of sp³-hybridized carbons (Fsp3) is 0.400. The molecule has 2 aliphatic heterocycles. The van der Waals surface area contributed by atoms with Gasteiger partial charge in [0.2, 0.25) is 0 Å². The van der Waals surface area contributed by atoms with E-state index in [9.17, 15) is 18.0 Å². The van der Waals surface area contributed by atoms with E-state index in [1.807, 2.05) is 35.4 Å². The summed E-state index contributed by atoms with van der Waals surface area (Å²) in [7, 11) is 0. The maximum absolute atomic E-state index is 12.5. The number of carboxylic acid groups (broad SMARTS) is 1. The largest absolute Gasteiger partial charge is 0.490 e. The van der Waals surface area contributed by atoms with Crippen LogP contribution in [0.3, 0.4) is 0 Å². The van der Waals surface area contributed by atoms with Gasteiger partial charge in [-0.15, -0.1) is 0 Å². The van der Waals surface area contributed by atoms with E-state index in [0.29, 0.717) is 17.5 Å². The van der Waals surface area contributed by atoms with Crippen molar-refractivity contribution < 1.29 is 27.9 Å². The number of carboxylic acids is 1. The standard InChI is InChI=1S/C18H20N4O.C2HF3O2/c23-18(17-6-2-4-8-20-17)22-11-14-9-21(10-15(14)12-22)13-16-5-1-3-7-19-16;3-2(4,5)1(6)7/h1-8,14-15H,9-13H2;(H,6,7)/t14-,15+;. The van der Waals surface area contributed by atoms with Gasteiger partial charge >= 0.3 is 12.1 Å². The van der Waals surface area contributed by atoms with Gasteiger partial charge < -0.3 is 10.0 Å². The molecule has 160 valence electrons. The third kappa shape index (κ3) is 5.53. The second kappa shape index (κ2) is 9.21. The average Bonchev–Trinajstić information content (AvgIpc) is 3.27. The predicted octanol–water partition coefficient (Wildman–Crippen LogP) is 2.31. The number of hydrogen-bond acceptors (Lipinski definition) is 5. The number of carbonyl (C=O) groups is 2. The molecule has 1 amide bonds. The zero-order chi connectivity index (χ0) is 21.7. The van der Waals surface area contributed by atoms with Gasteiger partial charge in [0.25, 0.3) is 5.91 Å². The molecule has 4 heterocycles. The molecule has 2 saturated heterocycles. The van der Waals surface area contributed by atoms with Crippen LogP contribution < -0.4 is 0 Å². The van der Waals surface area contributed by atoms with E-state index in [1.54, 1.807) is 12.3 Å². The summed E-state index contributed by atoms with van der Waals surface area (Å²) in [6, 6.07) is 11.6. The zero-order valence-electron chi connectivity index (χ0n) is 16.0. The number of rotatable bonds is 3. The van der Waals surface area contributed by atoms with Crippen molar-refractivity contribution in [2.45, 2.75) is 12.7 Å². The number of pyridine rings is 2. The Kier molecular flexibility index (Phi) is 6.66. The lowest BCUT2D eigenvalue weighted by molar-refractivity contribution is -0.192. The number of carbonyl (C=O) groups excluding carboxylic acids is 1. The van der Waals surface area contributed by atoms with E-state index < -0.39 is 12.1 Å². The van der Waals surface area contributed by atoms with Crippen molar-refractivity contribution in [3.8, 4) is 0 Å². The lowest BCUT2D eigenvalue weighted by Gasteiger charge is -2.21. The molecule has 10 heteroatoms. The Morgan fingerprint density at radius 2 is 1.53 bits per heavy atom. The van der Waals surface area contributed by atoms with Crippen LogP contribution in [0.1, 0.15) is 16.2 Å². The Labute approximate surface area is 171 Å². The lowest BCUT2D eigenvalue weighted by Crippen LogP contribution is -2.33. The van der Waals surface area contributed by atoms with Crippen LogP contribution in [0.2, 0.25) is 0 Å². The minimum absolute atomic E-state index is 0.0660. The normalized spacial score (nSPS) is 21.0. The highest BCUT2D eigenvalue weighted by molar-refractivity contribution is 5.92. The predicted molar refractivity (Wildman–Crippen MR) is 100 cm³/mol. The first-order chi connectivity index (χ1) is 14.2. The molecule has 7 nitrogen and oxygen atoms in total. The molecule has 2 aromatic heterocycles. The van der Waals surface area contributed by atoms with Crippen LogP contribution in [0.25, 0.3) is 0 Å². The minimum Gasteiger partial charge on any atom is -0.475 e. The van der Waals surface area contributed by atoms with Crippen LogP contribution in [0.4, 0.5) is 13.2 Å². The SMILES string of the molecule is O=C(O)C(F)(F)F.O=C(c1ccccn1)N1C[C@H]2CN(Cc3ccccn3)C[C@H]2C1. The van der Waals surface area contributed by atoms with E-state index in [0.717, 1.165) is 38.4 Å². The van der Waals surface area contributed by atoms with Gasteiger partial charge in [-0.2, -0.15) is 13.2 Å². The van der Waals surface area contributed by atoms with Gasteiger partial charge in [0.05, 0.1) is 5.69 Å². The molecule has 0 bridgehead atoms. The number of aromatic nitrogens is 2. The molecule has 2 fully saturated rings. The second-order valence-corrected chi connectivity index (χ2v) is 7.26. The van der Waals surface area contributed by atoms with Gasteiger partial charge in [-0.3, -0.25) is 19.7 Å². The maximum Gasteiger partial charge on any atom is 0.490 e. The van der Waals surface area contributed by atoms with Crippen LogP contribution in [-0.4, -0.2) is 69.1 Å². The number of halogens is 3. The lowest BCUT2D eigenvalue weighted by atomic mass is 10.0. The number of hydrogen-bond donors (Lipinski definition) is 1. The first-order valence-corrected chi connectivity index (χ1v) is 9.36. The van der Waals surface area contributed by atoms with Crippen LogP contribution in [0.5, 0.6) is 0 Å². The Hall–Kier alpha value is -3.01. The van der Waals surface area contributed by atoms with E-state index in [-0.39, 0.29) is 5.91 Å². The number of aliphatic carboxylic acids is 1. The summed E-state index contributed by atoms with van der Waals surface area (Å²) >= 11 is 0. The van der Waals surface area contributed by atoms with Crippen molar-refractivity contribution >= 4 is 11.9 Å². The van der Waals surface area contributed by atoms with Crippen molar-refractivity contribution in [1.82, 2.24) is 19.8 Å². The molecular weight excluding hydrogens is 401 g/mol. The number of fused-ring (bicyclic) bond motifs is 1. The molecule has 0 aromatic carbocycles. The highest BCUT2D eigenvalue weighted by atomic mass is 19.4. The summed E-state index contributed by atoms with van der Waals surface area (Å²) in [6.45, 7) is 4.69. The Balaban J connectivity index is 0.000000318. The number of nitrogens with zero attached hydrogens (tertiary/aromatic N) is 4. The monoisotopic (exact) mass is 422 g/mol. The fourth-order valence-electron chi connectivity index (χ4n) is 3.76. The van der Waals surface area contributed by atoms with E-state index >= 15 is 0 Å². The van der Waals surface area contributed by atoms with Crippen molar-refractivity contribution in [2.24, 2.45) is 11.8 Å². The molecule has 2 aromatic rings. The van der Waals surface area contributed by atoms with Gasteiger partial charge in [-0.05, 0) is 36.1 Å². The number of amides is 1. The first-order valence-electron chi connectivity index (χ1n) is 9.36. The minimum atomic E-state index is -5.08. The highest BCUT2D eigenvalue weighted by Gasteiger charge is 2.41. The Morgan fingerprint density at radius 1 is 0.967 bits per heavy atom. The van der Waals surface area contributed by atoms with Gasteiger partial charge in [0.15, 0.2) is 0 Å². The molecular formula is C20H21F3N4O3. The topological polar surface area (TPSA) is 86.6 Å². The molecule has 2 atom stereocenters. The van der Waals surface area contributed by atoms with E-state index in [1.165, 1.54) is 0 Å². The third-order valence-electron chi connectivity index (χ3n) is 5.09. The highest BCUT2D eigenvalue weighted by Crippen LogP contribution is 2.32. The Bertz CT molecular complexity index is 851. The molecule has 0 aliphatic carbocycles. The molecule has 2 aliphatic rings. The smallest absolute Gasteiger partial charge is 0.475 e. The van der Waals surface area contributed by atoms with Crippen molar-refractivity contribution in [3.05, 3.63) is 60.2 Å². The third-order valence-corrected chi connectivity index (χ3v) is 5.09. The molecule has 0 spiro atoms. The molecule has 0 saturated carbocycles. The second-order valence-electron chi connectivity index (χ2n) is 7.26. The molecule has 30 heavy (non-hydrogen) atoms. The van der Waals surface area contributed by atoms with Gasteiger partial charge in [0.1, 0.15) is 5.69 Å². The summed E-state index contributed by atoms with van der Waals surface area (Å²) in [5.41, 5.74) is 1.67. The van der Waals surface area contributed by atoms with Crippen LogP contribution in [0, 0.1) is 11.8 Å². The maximum atomic E-state index is 12.5. The van der Waals surface area contributed by atoms with E-state index in [4.69, 9.17) is 9.90 Å². The van der Waals surface area contributed by atoms with Gasteiger partial charge in [-0.1, -0.05) is 12.1 Å². The molecule has 4 rings (SSSR count). The average molecular weight is 422 g/mol. The molecule has 0 unspecified atom stereocenters. The van der Waals surface area contributed by atoms with Crippen LogP contribution in [-0.2, 0) is 11.3 Å². The summed E-state index contributed by atoms with van der Waals surface area (Å²) in [6.07, 6.45) is -1.56. The molecule has 1 N–H and O–H groups in total. The Morgan fingerprint density at radius 3 is 2.00 bits per heavy atom. The number of alkyl halides is 3. The summed E-state index contributed by atoms with van der Waals surface area (Å²) in [5, 5.41) is 7.12. The van der Waals surface area contributed by atoms with Crippen LogP contribution in [0.15, 0.2) is 48.8 Å².